The second-order valence-electron chi connectivity index (χ2n) is 11.1. The van der Waals surface area contributed by atoms with E-state index in [1.165, 1.54) is 0 Å². The van der Waals surface area contributed by atoms with E-state index in [1.54, 1.807) is 40.9 Å². The van der Waals surface area contributed by atoms with Crippen LogP contribution in [0.1, 0.15) is 51.7 Å². The average Bonchev–Trinajstić information content (AvgIpc) is 3.12. The Morgan fingerprint density at radius 2 is 2.06 bits per heavy atom. The molecule has 1 aromatic carbocycles. The minimum atomic E-state index is -1.08. The number of aliphatic hydroxyl groups is 1. The highest BCUT2D eigenvalue weighted by Gasteiger charge is 2.72. The number of hydrogen-bond acceptors (Lipinski definition) is 8. The minimum absolute atomic E-state index is 0.0875. The van der Waals surface area contributed by atoms with Gasteiger partial charge < -0.3 is 34.3 Å². The van der Waals surface area contributed by atoms with E-state index in [0.717, 1.165) is 17.7 Å². The predicted octanol–water partition coefficient (Wildman–Crippen LogP) is 2.43. The molecule has 1 aromatic rings. The maximum atomic E-state index is 13.0. The van der Waals surface area contributed by atoms with Gasteiger partial charge in [-0.25, -0.2) is 9.59 Å². The first kappa shape index (κ1) is 23.9. The molecule has 1 spiro atoms. The third-order valence-corrected chi connectivity index (χ3v) is 7.86. The molecule has 35 heavy (non-hydrogen) atoms. The van der Waals surface area contributed by atoms with Crippen molar-refractivity contribution in [3.63, 3.8) is 0 Å². The van der Waals surface area contributed by atoms with Crippen LogP contribution in [-0.4, -0.2) is 72.2 Å². The first-order valence-corrected chi connectivity index (χ1v) is 12.1. The highest BCUT2D eigenvalue weighted by atomic mass is 16.6. The first-order chi connectivity index (χ1) is 16.4. The summed E-state index contributed by atoms with van der Waals surface area (Å²) in [6.07, 6.45) is 2.06. The Morgan fingerprint density at radius 1 is 1.31 bits per heavy atom. The molecule has 9 heteroatoms. The number of esters is 1. The van der Waals surface area contributed by atoms with E-state index in [9.17, 15) is 14.7 Å². The zero-order valence-corrected chi connectivity index (χ0v) is 21.1. The fourth-order valence-corrected chi connectivity index (χ4v) is 6.34. The third-order valence-electron chi connectivity index (χ3n) is 7.86. The number of benzene rings is 1. The second-order valence-corrected chi connectivity index (χ2v) is 11.1. The van der Waals surface area contributed by atoms with Crippen LogP contribution in [0.15, 0.2) is 24.0 Å². The molecule has 2 aliphatic heterocycles. The Morgan fingerprint density at radius 3 is 2.74 bits per heavy atom. The number of amides is 1. The summed E-state index contributed by atoms with van der Waals surface area (Å²) < 4.78 is 23.2. The number of ether oxygens (including phenoxy) is 4. The highest BCUT2D eigenvalue weighted by Crippen LogP contribution is 2.65. The molecule has 190 valence electrons. The lowest BCUT2D eigenvalue weighted by molar-refractivity contribution is -0.169. The predicted molar refractivity (Wildman–Crippen MR) is 126 cm³/mol. The normalized spacial score (nSPS) is 31.5. The SMILES string of the molecule is COc1ccc2c3c1O[C@H]1C(OC(=O)[C@H](C)NC(=O)OC(C)(C)C)=CC[C@]4(O)C(C2)N(C)CC[C@]314. The van der Waals surface area contributed by atoms with Crippen molar-refractivity contribution in [2.75, 3.05) is 20.7 Å². The topological polar surface area (TPSA) is 107 Å². The molecule has 1 amide bonds. The van der Waals surface area contributed by atoms with Crippen molar-refractivity contribution in [2.45, 2.75) is 81.8 Å². The van der Waals surface area contributed by atoms with Gasteiger partial charge in [0.2, 0.25) is 0 Å². The van der Waals surface area contributed by atoms with Crippen LogP contribution in [0.5, 0.6) is 11.5 Å². The number of nitrogens with zero attached hydrogens (tertiary/aromatic N) is 1. The molecular formula is C26H34N2O7. The number of nitrogens with one attached hydrogen (secondary N) is 1. The summed E-state index contributed by atoms with van der Waals surface area (Å²) in [4.78, 5) is 27.3. The Balaban J connectivity index is 1.47. The van der Waals surface area contributed by atoms with Crippen LogP contribution in [-0.2, 0) is 26.1 Å². The Kier molecular flexibility index (Phi) is 5.38. The van der Waals surface area contributed by atoms with Crippen LogP contribution >= 0.6 is 0 Å². The van der Waals surface area contributed by atoms with Crippen LogP contribution in [0.4, 0.5) is 4.79 Å². The lowest BCUT2D eigenvalue weighted by Crippen LogP contribution is -2.74. The number of carbonyl (C=O) groups is 2. The van der Waals surface area contributed by atoms with E-state index in [0.29, 0.717) is 36.5 Å². The number of likely N-dealkylation sites (tertiary alicyclic amines) is 1. The molecule has 2 bridgehead atoms. The van der Waals surface area contributed by atoms with Gasteiger partial charge in [0.25, 0.3) is 0 Å². The lowest BCUT2D eigenvalue weighted by Gasteiger charge is -2.61. The van der Waals surface area contributed by atoms with Crippen molar-refractivity contribution >= 4 is 12.1 Å². The van der Waals surface area contributed by atoms with E-state index in [1.807, 2.05) is 19.2 Å². The van der Waals surface area contributed by atoms with Crippen molar-refractivity contribution in [3.05, 3.63) is 35.1 Å². The first-order valence-electron chi connectivity index (χ1n) is 12.1. The van der Waals surface area contributed by atoms with Crippen molar-refractivity contribution < 1.29 is 33.6 Å². The Hall–Kier alpha value is -2.78. The number of methoxy groups -OCH3 is 1. The molecule has 2 heterocycles. The van der Waals surface area contributed by atoms with Crippen molar-refractivity contribution in [1.82, 2.24) is 10.2 Å². The maximum absolute atomic E-state index is 13.0. The van der Waals surface area contributed by atoms with Gasteiger partial charge in [-0.05, 0) is 71.8 Å². The largest absolute Gasteiger partial charge is 0.493 e. The van der Waals surface area contributed by atoms with Crippen molar-refractivity contribution in [3.8, 4) is 11.5 Å². The average molecular weight is 487 g/mol. The number of carbonyl (C=O) groups excluding carboxylic acids is 2. The fraction of sp³-hybridized carbons (Fsp3) is 0.615. The van der Waals surface area contributed by atoms with Gasteiger partial charge >= 0.3 is 12.1 Å². The van der Waals surface area contributed by atoms with Gasteiger partial charge in [0.15, 0.2) is 17.6 Å². The summed E-state index contributed by atoms with van der Waals surface area (Å²) in [6.45, 7) is 7.57. The molecular weight excluding hydrogens is 452 g/mol. The minimum Gasteiger partial charge on any atom is -0.493 e. The summed E-state index contributed by atoms with van der Waals surface area (Å²) in [7, 11) is 3.63. The molecule has 5 rings (SSSR count). The van der Waals surface area contributed by atoms with E-state index in [2.05, 4.69) is 10.2 Å². The van der Waals surface area contributed by atoms with E-state index >= 15 is 0 Å². The Labute approximate surface area is 205 Å². The van der Waals surface area contributed by atoms with Crippen LogP contribution in [0.3, 0.4) is 0 Å². The number of piperidine rings is 1. The van der Waals surface area contributed by atoms with Gasteiger partial charge in [-0.2, -0.15) is 0 Å². The van der Waals surface area contributed by atoms with Crippen molar-refractivity contribution in [2.24, 2.45) is 0 Å². The highest BCUT2D eigenvalue weighted by molar-refractivity contribution is 5.82. The molecule has 2 N–H and O–H groups in total. The van der Waals surface area contributed by atoms with E-state index < -0.39 is 40.8 Å². The molecule has 0 aromatic heterocycles. The third kappa shape index (κ3) is 3.42. The summed E-state index contributed by atoms with van der Waals surface area (Å²) in [5, 5.41) is 14.7. The van der Waals surface area contributed by atoms with Gasteiger partial charge in [-0.3, -0.25) is 0 Å². The fourth-order valence-electron chi connectivity index (χ4n) is 6.34. The zero-order chi connectivity index (χ0) is 25.3. The zero-order valence-electron chi connectivity index (χ0n) is 21.1. The maximum Gasteiger partial charge on any atom is 0.408 e. The molecule has 0 saturated carbocycles. The van der Waals surface area contributed by atoms with Crippen LogP contribution in [0.25, 0.3) is 0 Å². The van der Waals surface area contributed by atoms with Gasteiger partial charge in [-0.1, -0.05) is 6.07 Å². The summed E-state index contributed by atoms with van der Waals surface area (Å²) in [5.41, 5.74) is -0.429. The number of hydrogen-bond donors (Lipinski definition) is 2. The molecule has 5 atom stereocenters. The Bertz CT molecular complexity index is 1110. The molecule has 1 saturated heterocycles. The van der Waals surface area contributed by atoms with Gasteiger partial charge in [0, 0.05) is 18.0 Å². The quantitative estimate of drug-likeness (QED) is 0.625. The van der Waals surface area contributed by atoms with Gasteiger partial charge in [-0.15, -0.1) is 0 Å². The molecule has 1 fully saturated rings. The smallest absolute Gasteiger partial charge is 0.408 e. The lowest BCUT2D eigenvalue weighted by atomic mass is 9.50. The van der Waals surface area contributed by atoms with E-state index in [4.69, 9.17) is 18.9 Å². The second kappa shape index (κ2) is 7.86. The van der Waals surface area contributed by atoms with Crippen LogP contribution in [0.2, 0.25) is 0 Å². The van der Waals surface area contributed by atoms with Gasteiger partial charge in [0.1, 0.15) is 17.4 Å². The van der Waals surface area contributed by atoms with Crippen molar-refractivity contribution in [1.29, 1.82) is 0 Å². The van der Waals surface area contributed by atoms with E-state index in [-0.39, 0.29) is 6.04 Å². The number of likely N-dealkylation sites (N-methyl/N-ethyl adjacent to an activating group) is 1. The molecule has 9 nitrogen and oxygen atoms in total. The molecule has 1 unspecified atom stereocenters. The molecule has 4 aliphatic rings. The monoisotopic (exact) mass is 486 g/mol. The standard InChI is InChI=1S/C26H34N2O7/c1-14(27-23(30)35-24(2,3)4)22(29)33-17-9-10-26(31)18-13-15-7-8-16(32-6)20-19(15)25(26,21(17)34-20)11-12-28(18)5/h7-9,14,18,21,31H,10-13H2,1-6H3,(H,27,30)/t14-,18?,21-,25-,26-/m0/s1. The molecule has 0 radical (unpaired) electrons. The van der Waals surface area contributed by atoms with Gasteiger partial charge in [0.05, 0.1) is 18.1 Å². The summed E-state index contributed by atoms with van der Waals surface area (Å²) in [5.74, 6) is 0.931. The summed E-state index contributed by atoms with van der Waals surface area (Å²) >= 11 is 0. The number of alkyl carbamates (subject to hydrolysis) is 1. The molecule has 2 aliphatic carbocycles. The number of rotatable bonds is 4. The van der Waals surface area contributed by atoms with Crippen LogP contribution < -0.4 is 14.8 Å². The summed E-state index contributed by atoms with van der Waals surface area (Å²) in [6, 6.07) is 2.92. The van der Waals surface area contributed by atoms with Crippen LogP contribution in [0, 0.1) is 0 Å².